The average Bonchev–Trinajstić information content (AvgIpc) is 3.56. The van der Waals surface area contributed by atoms with Gasteiger partial charge >= 0.3 is 0 Å². The van der Waals surface area contributed by atoms with Crippen LogP contribution >= 0.6 is 22.9 Å². The van der Waals surface area contributed by atoms with Gasteiger partial charge in [0.25, 0.3) is 0 Å². The first kappa shape index (κ1) is 29.9. The van der Waals surface area contributed by atoms with E-state index in [0.29, 0.717) is 42.3 Å². The van der Waals surface area contributed by atoms with E-state index >= 15 is 0 Å². The molecule has 1 amide bonds. The predicted octanol–water partition coefficient (Wildman–Crippen LogP) is 6.54. The maximum absolute atomic E-state index is 13.6. The van der Waals surface area contributed by atoms with Gasteiger partial charge in [-0.15, -0.1) is 11.3 Å². The zero-order chi connectivity index (χ0) is 27.8. The highest BCUT2D eigenvalue weighted by Gasteiger charge is 2.27. The van der Waals surface area contributed by atoms with E-state index in [9.17, 15) is 14.4 Å². The molecule has 2 atom stereocenters. The summed E-state index contributed by atoms with van der Waals surface area (Å²) in [6.07, 6.45) is 10.9. The van der Waals surface area contributed by atoms with Crippen LogP contribution < -0.4 is 5.32 Å². The second kappa shape index (κ2) is 14.5. The van der Waals surface area contributed by atoms with Gasteiger partial charge < -0.3 is 10.1 Å². The Morgan fingerprint density at radius 2 is 1.90 bits per heavy atom. The molecule has 2 aliphatic rings. The number of ketones is 2. The zero-order valence-electron chi connectivity index (χ0n) is 23.2. The average molecular weight is 572 g/mol. The van der Waals surface area contributed by atoms with Crippen molar-refractivity contribution in [2.24, 2.45) is 11.8 Å². The van der Waals surface area contributed by atoms with Crippen molar-refractivity contribution in [1.82, 2.24) is 15.2 Å². The summed E-state index contributed by atoms with van der Waals surface area (Å²) in [7, 11) is 0. The molecule has 212 valence electrons. The number of thiazole rings is 1. The predicted molar refractivity (Wildman–Crippen MR) is 159 cm³/mol. The molecule has 0 unspecified atom stereocenters. The van der Waals surface area contributed by atoms with Gasteiger partial charge in [-0.2, -0.15) is 0 Å². The fraction of sp³-hybridized carbons (Fsp3) is 0.613. The second-order valence-corrected chi connectivity index (χ2v) is 13.1. The van der Waals surface area contributed by atoms with E-state index in [4.69, 9.17) is 11.6 Å². The lowest BCUT2D eigenvalue weighted by atomic mass is 9.83. The van der Waals surface area contributed by atoms with Crippen molar-refractivity contribution >= 4 is 50.6 Å². The van der Waals surface area contributed by atoms with Crippen LogP contribution in [0, 0.1) is 11.8 Å². The van der Waals surface area contributed by atoms with Crippen LogP contribution in [0.3, 0.4) is 0 Å². The fourth-order valence-corrected chi connectivity index (χ4v) is 7.35. The van der Waals surface area contributed by atoms with Gasteiger partial charge in [0.05, 0.1) is 21.1 Å². The highest BCUT2D eigenvalue weighted by atomic mass is 35.5. The van der Waals surface area contributed by atoms with E-state index < -0.39 is 5.92 Å². The minimum atomic E-state index is -0.492. The number of rotatable bonds is 14. The van der Waals surface area contributed by atoms with Gasteiger partial charge in [0.2, 0.25) is 5.91 Å². The molecule has 1 aromatic carbocycles. The molecule has 1 aliphatic heterocycles. The van der Waals surface area contributed by atoms with Gasteiger partial charge in [0.1, 0.15) is 5.78 Å². The van der Waals surface area contributed by atoms with Gasteiger partial charge in [0.15, 0.2) is 5.78 Å². The Balaban J connectivity index is 1.41. The highest BCUT2D eigenvalue weighted by molar-refractivity contribution is 7.18. The first-order valence-electron chi connectivity index (χ1n) is 14.5. The molecule has 1 saturated heterocycles. The summed E-state index contributed by atoms with van der Waals surface area (Å²) in [4.78, 5) is 45.6. The van der Waals surface area contributed by atoms with Crippen LogP contribution in [0.1, 0.15) is 82.6 Å². The topological polar surface area (TPSA) is 79.4 Å². The quantitative estimate of drug-likeness (QED) is 0.260. The number of hydrogen-bond acceptors (Lipinski definition) is 6. The molecule has 0 radical (unpaired) electrons. The standard InChI is InChI=1S/C31H42ClN3O3S/c1-21(20-35-14-6-7-15-35)28(37)13-11-26(17-23-8-4-3-5-9-23)33-31(38)24(16-22(2)36)18-30-34-27-12-10-25(32)19-29(27)39-30/h10,12,19,23-24,26H,1,3-9,11,13-18,20H2,2H3,(H,33,38)/t24-,26+/m0/s1. The maximum Gasteiger partial charge on any atom is 0.224 e. The summed E-state index contributed by atoms with van der Waals surface area (Å²) in [5.74, 6) is 0.0295. The van der Waals surface area contributed by atoms with Crippen molar-refractivity contribution in [1.29, 1.82) is 0 Å². The van der Waals surface area contributed by atoms with Crippen LogP contribution in [0.15, 0.2) is 30.4 Å². The summed E-state index contributed by atoms with van der Waals surface area (Å²) in [5, 5.41) is 4.75. The summed E-state index contributed by atoms with van der Waals surface area (Å²) in [6.45, 7) is 8.32. The number of benzene rings is 1. The minimum absolute atomic E-state index is 0.0171. The molecule has 0 spiro atoms. The van der Waals surface area contributed by atoms with Crippen molar-refractivity contribution in [2.45, 2.75) is 90.0 Å². The van der Waals surface area contributed by atoms with E-state index in [0.717, 1.165) is 34.7 Å². The number of hydrogen-bond donors (Lipinski definition) is 1. The smallest absolute Gasteiger partial charge is 0.224 e. The van der Waals surface area contributed by atoms with Crippen molar-refractivity contribution in [3.8, 4) is 0 Å². The fourth-order valence-electron chi connectivity index (χ4n) is 6.02. The Morgan fingerprint density at radius 3 is 2.62 bits per heavy atom. The molecule has 1 aliphatic carbocycles. The second-order valence-electron chi connectivity index (χ2n) is 11.5. The summed E-state index contributed by atoms with van der Waals surface area (Å²) in [5.41, 5.74) is 1.52. The van der Waals surface area contributed by atoms with Crippen molar-refractivity contribution in [2.75, 3.05) is 19.6 Å². The number of fused-ring (bicyclic) bond motifs is 1. The zero-order valence-corrected chi connectivity index (χ0v) is 24.8. The Labute approximate surface area is 241 Å². The molecular formula is C31H42ClN3O3S. The SMILES string of the molecule is C=C(CN1CCCC1)C(=O)CC[C@H](CC1CCCCC1)NC(=O)[C@@H](CC(C)=O)Cc1nc2ccc(Cl)cc2s1. The summed E-state index contributed by atoms with van der Waals surface area (Å²) < 4.78 is 0.974. The van der Waals surface area contributed by atoms with Gasteiger partial charge in [-0.1, -0.05) is 50.3 Å². The molecule has 8 heteroatoms. The molecule has 4 rings (SSSR count). The lowest BCUT2D eigenvalue weighted by Crippen LogP contribution is -2.41. The molecule has 6 nitrogen and oxygen atoms in total. The number of carbonyl (C=O) groups excluding carboxylic acids is 3. The number of nitrogens with one attached hydrogen (secondary N) is 1. The molecule has 1 saturated carbocycles. The number of halogens is 1. The monoisotopic (exact) mass is 571 g/mol. The molecule has 1 N–H and O–H groups in total. The number of aromatic nitrogens is 1. The highest BCUT2D eigenvalue weighted by Crippen LogP contribution is 2.30. The van der Waals surface area contributed by atoms with E-state index in [1.807, 2.05) is 18.2 Å². The third-order valence-corrected chi connectivity index (χ3v) is 9.41. The summed E-state index contributed by atoms with van der Waals surface area (Å²) >= 11 is 7.66. The van der Waals surface area contributed by atoms with Crippen molar-refractivity contribution in [3.63, 3.8) is 0 Å². The largest absolute Gasteiger partial charge is 0.353 e. The van der Waals surface area contributed by atoms with E-state index in [1.54, 1.807) is 0 Å². The third-order valence-electron chi connectivity index (χ3n) is 8.14. The lowest BCUT2D eigenvalue weighted by Gasteiger charge is -2.28. The van der Waals surface area contributed by atoms with Crippen LogP contribution in [0.25, 0.3) is 10.2 Å². The van der Waals surface area contributed by atoms with Gasteiger partial charge in [-0.25, -0.2) is 4.98 Å². The van der Waals surface area contributed by atoms with Gasteiger partial charge in [0, 0.05) is 42.4 Å². The number of Topliss-reactive ketones (excluding diaryl/α,β-unsaturated/α-hetero) is 2. The normalized spacial score (nSPS) is 18.2. The summed E-state index contributed by atoms with van der Waals surface area (Å²) in [6, 6.07) is 5.48. The van der Waals surface area contributed by atoms with Crippen molar-refractivity contribution < 1.29 is 14.4 Å². The number of likely N-dealkylation sites (tertiary alicyclic amines) is 1. The first-order valence-corrected chi connectivity index (χ1v) is 15.7. The molecule has 2 aromatic rings. The molecular weight excluding hydrogens is 530 g/mol. The number of carbonyl (C=O) groups is 3. The Hall–Kier alpha value is -2.09. The minimum Gasteiger partial charge on any atom is -0.353 e. The van der Waals surface area contributed by atoms with E-state index in [-0.39, 0.29) is 29.9 Å². The van der Waals surface area contributed by atoms with Gasteiger partial charge in [-0.3, -0.25) is 14.5 Å². The first-order chi connectivity index (χ1) is 18.8. The van der Waals surface area contributed by atoms with Crippen LogP contribution in [0.2, 0.25) is 5.02 Å². The molecule has 39 heavy (non-hydrogen) atoms. The molecule has 2 heterocycles. The molecule has 0 bridgehead atoms. The Morgan fingerprint density at radius 1 is 1.15 bits per heavy atom. The lowest BCUT2D eigenvalue weighted by molar-refractivity contribution is -0.129. The van der Waals surface area contributed by atoms with Crippen LogP contribution in [-0.4, -0.2) is 53.0 Å². The Kier molecular flexibility index (Phi) is 11.1. The Bertz CT molecular complexity index is 1170. The van der Waals surface area contributed by atoms with E-state index in [2.05, 4.69) is 21.8 Å². The number of amides is 1. The van der Waals surface area contributed by atoms with Crippen molar-refractivity contribution in [3.05, 3.63) is 40.4 Å². The number of nitrogens with zero attached hydrogens (tertiary/aromatic N) is 2. The molecule has 2 fully saturated rings. The van der Waals surface area contributed by atoms with Crippen LogP contribution in [0.5, 0.6) is 0 Å². The van der Waals surface area contributed by atoms with Crippen LogP contribution in [-0.2, 0) is 20.8 Å². The maximum atomic E-state index is 13.6. The van der Waals surface area contributed by atoms with Crippen LogP contribution in [0.4, 0.5) is 0 Å². The van der Waals surface area contributed by atoms with E-state index in [1.165, 1.54) is 63.2 Å². The third kappa shape index (κ3) is 9.22. The molecule has 1 aromatic heterocycles. The van der Waals surface area contributed by atoms with Gasteiger partial charge in [-0.05, 0) is 69.8 Å².